The van der Waals surface area contributed by atoms with E-state index in [0.717, 1.165) is 0 Å². The Labute approximate surface area is 131 Å². The molecule has 8 heteroatoms. The molecule has 8 nitrogen and oxygen atoms in total. The fourth-order valence-electron chi connectivity index (χ4n) is 1.98. The zero-order chi connectivity index (χ0) is 16.8. The van der Waals surface area contributed by atoms with Crippen LogP contribution in [0.3, 0.4) is 0 Å². The van der Waals surface area contributed by atoms with Crippen LogP contribution in [0.4, 0.5) is 5.69 Å². The van der Waals surface area contributed by atoms with Crippen molar-refractivity contribution in [2.24, 2.45) is 0 Å². The van der Waals surface area contributed by atoms with Crippen LogP contribution in [0.5, 0.6) is 11.5 Å². The molecule has 2 aromatic rings. The molecule has 0 atom stereocenters. The Kier molecular flexibility index (Phi) is 5.19. The van der Waals surface area contributed by atoms with Crippen molar-refractivity contribution in [2.45, 2.75) is 13.0 Å². The van der Waals surface area contributed by atoms with Crippen molar-refractivity contribution < 1.29 is 14.3 Å². The Balaban J connectivity index is 1.99. The second-order valence-electron chi connectivity index (χ2n) is 4.67. The number of aromatic nitrogens is 2. The number of ether oxygens (including phenoxy) is 2. The van der Waals surface area contributed by atoms with Gasteiger partial charge in [-0.3, -0.25) is 14.6 Å². The molecule has 0 aliphatic carbocycles. The van der Waals surface area contributed by atoms with Gasteiger partial charge in [-0.2, -0.15) is 0 Å². The highest BCUT2D eigenvalue weighted by Crippen LogP contribution is 2.29. The largest absolute Gasteiger partial charge is 0.493 e. The number of carbonyl (C=O) groups excluding carboxylic acids is 1. The number of methoxy groups -OCH3 is 2. The summed E-state index contributed by atoms with van der Waals surface area (Å²) in [5, 5.41) is 2.71. The maximum Gasteiger partial charge on any atom is 0.328 e. The highest BCUT2D eigenvalue weighted by Gasteiger charge is 2.08. The van der Waals surface area contributed by atoms with Crippen molar-refractivity contribution in [2.75, 3.05) is 19.5 Å². The van der Waals surface area contributed by atoms with E-state index in [4.69, 9.17) is 9.47 Å². The van der Waals surface area contributed by atoms with E-state index in [9.17, 15) is 14.4 Å². The lowest BCUT2D eigenvalue weighted by Gasteiger charge is -2.11. The summed E-state index contributed by atoms with van der Waals surface area (Å²) in [5.41, 5.74) is -0.459. The van der Waals surface area contributed by atoms with Gasteiger partial charge < -0.3 is 19.4 Å². The summed E-state index contributed by atoms with van der Waals surface area (Å²) >= 11 is 0. The highest BCUT2D eigenvalue weighted by molar-refractivity contribution is 5.91. The standard InChI is InChI=1S/C15H17N3O5/c1-22-11-4-3-10(9-12(11)23-2)16-13(19)5-7-18-8-6-14(20)17-15(18)21/h3-4,6,8-9H,5,7H2,1-2H3,(H,16,19)(H,17,20,21). The smallest absolute Gasteiger partial charge is 0.328 e. The van der Waals surface area contributed by atoms with Gasteiger partial charge in [0, 0.05) is 37.0 Å². The predicted octanol–water partition coefficient (Wildman–Crippen LogP) is 0.583. The number of hydrogen-bond donors (Lipinski definition) is 2. The van der Waals surface area contributed by atoms with Gasteiger partial charge in [-0.15, -0.1) is 0 Å². The molecule has 0 saturated heterocycles. The van der Waals surface area contributed by atoms with Crippen LogP contribution in [0, 0.1) is 0 Å². The van der Waals surface area contributed by atoms with Gasteiger partial charge >= 0.3 is 5.69 Å². The highest BCUT2D eigenvalue weighted by atomic mass is 16.5. The van der Waals surface area contributed by atoms with Gasteiger partial charge in [0.05, 0.1) is 14.2 Å². The molecule has 0 saturated carbocycles. The van der Waals surface area contributed by atoms with Crippen LogP contribution >= 0.6 is 0 Å². The van der Waals surface area contributed by atoms with Gasteiger partial charge in [0.15, 0.2) is 11.5 Å². The Morgan fingerprint density at radius 2 is 1.91 bits per heavy atom. The third kappa shape index (κ3) is 4.22. The van der Waals surface area contributed by atoms with Gasteiger partial charge in [0.1, 0.15) is 0 Å². The molecule has 2 rings (SSSR count). The molecular formula is C15H17N3O5. The number of nitrogens with one attached hydrogen (secondary N) is 2. The van der Waals surface area contributed by atoms with E-state index >= 15 is 0 Å². The van der Waals surface area contributed by atoms with Crippen LogP contribution in [-0.2, 0) is 11.3 Å². The zero-order valence-corrected chi connectivity index (χ0v) is 12.8. The van der Waals surface area contributed by atoms with Crippen molar-refractivity contribution in [3.8, 4) is 11.5 Å². The summed E-state index contributed by atoms with van der Waals surface area (Å²) in [6, 6.07) is 6.24. The van der Waals surface area contributed by atoms with Crippen molar-refractivity contribution in [1.29, 1.82) is 0 Å². The maximum atomic E-state index is 11.9. The molecule has 2 N–H and O–H groups in total. The van der Waals surface area contributed by atoms with Gasteiger partial charge in [-0.1, -0.05) is 0 Å². The molecule has 1 aromatic carbocycles. The molecule has 1 aromatic heterocycles. The molecule has 0 aliphatic heterocycles. The first kappa shape index (κ1) is 16.3. The number of amides is 1. The van der Waals surface area contributed by atoms with Crippen LogP contribution in [0.1, 0.15) is 6.42 Å². The van der Waals surface area contributed by atoms with Gasteiger partial charge in [0.25, 0.3) is 5.56 Å². The van der Waals surface area contributed by atoms with Crippen LogP contribution in [0.2, 0.25) is 0 Å². The van der Waals surface area contributed by atoms with Crippen LogP contribution in [0.25, 0.3) is 0 Å². The lowest BCUT2D eigenvalue weighted by atomic mass is 10.2. The van der Waals surface area contributed by atoms with E-state index in [-0.39, 0.29) is 18.9 Å². The molecular weight excluding hydrogens is 302 g/mol. The SMILES string of the molecule is COc1ccc(NC(=O)CCn2ccc(=O)[nH]c2=O)cc1OC. The first-order chi connectivity index (χ1) is 11.0. The van der Waals surface area contributed by atoms with Crippen LogP contribution < -0.4 is 26.0 Å². The normalized spacial score (nSPS) is 10.2. The number of anilines is 1. The molecule has 0 aliphatic rings. The quantitative estimate of drug-likeness (QED) is 0.811. The number of hydrogen-bond acceptors (Lipinski definition) is 5. The van der Waals surface area contributed by atoms with E-state index in [1.54, 1.807) is 18.2 Å². The number of rotatable bonds is 6. The fraction of sp³-hybridized carbons (Fsp3) is 0.267. The lowest BCUT2D eigenvalue weighted by molar-refractivity contribution is -0.116. The van der Waals surface area contributed by atoms with Gasteiger partial charge in [-0.05, 0) is 12.1 Å². The maximum absolute atomic E-state index is 11.9. The predicted molar refractivity (Wildman–Crippen MR) is 84.1 cm³/mol. The van der Waals surface area contributed by atoms with Crippen molar-refractivity contribution >= 4 is 11.6 Å². The Morgan fingerprint density at radius 1 is 1.17 bits per heavy atom. The van der Waals surface area contributed by atoms with E-state index in [1.165, 1.54) is 31.0 Å². The molecule has 1 amide bonds. The van der Waals surface area contributed by atoms with Crippen molar-refractivity contribution in [1.82, 2.24) is 9.55 Å². The molecule has 0 radical (unpaired) electrons. The molecule has 122 valence electrons. The summed E-state index contributed by atoms with van der Waals surface area (Å²) in [4.78, 5) is 36.6. The second kappa shape index (κ2) is 7.30. The minimum atomic E-state index is -0.545. The monoisotopic (exact) mass is 319 g/mol. The summed E-state index contributed by atoms with van der Waals surface area (Å²) < 4.78 is 11.5. The first-order valence-corrected chi connectivity index (χ1v) is 6.85. The van der Waals surface area contributed by atoms with Gasteiger partial charge in [-0.25, -0.2) is 4.79 Å². The van der Waals surface area contributed by atoms with E-state index in [0.29, 0.717) is 17.2 Å². The minimum Gasteiger partial charge on any atom is -0.493 e. The number of nitrogens with zero attached hydrogens (tertiary/aromatic N) is 1. The Bertz CT molecular complexity index is 809. The molecule has 0 bridgehead atoms. The zero-order valence-electron chi connectivity index (χ0n) is 12.8. The number of aromatic amines is 1. The minimum absolute atomic E-state index is 0.0836. The first-order valence-electron chi connectivity index (χ1n) is 6.85. The third-order valence-corrected chi connectivity index (χ3v) is 3.14. The molecule has 0 spiro atoms. The van der Waals surface area contributed by atoms with Crippen LogP contribution in [0.15, 0.2) is 40.1 Å². The van der Waals surface area contributed by atoms with Crippen molar-refractivity contribution in [3.05, 3.63) is 51.3 Å². The topological polar surface area (TPSA) is 102 Å². The number of carbonyl (C=O) groups is 1. The lowest BCUT2D eigenvalue weighted by Crippen LogP contribution is -2.29. The van der Waals surface area contributed by atoms with Gasteiger partial charge in [0.2, 0.25) is 5.91 Å². The second-order valence-corrected chi connectivity index (χ2v) is 4.67. The van der Waals surface area contributed by atoms with E-state index in [1.807, 2.05) is 0 Å². The molecule has 0 unspecified atom stereocenters. The molecule has 1 heterocycles. The Morgan fingerprint density at radius 3 is 2.57 bits per heavy atom. The number of aryl methyl sites for hydroxylation is 1. The van der Waals surface area contributed by atoms with Crippen LogP contribution in [-0.4, -0.2) is 29.7 Å². The summed E-state index contributed by atoms with van der Waals surface area (Å²) in [6.45, 7) is 0.161. The molecule has 0 fully saturated rings. The average Bonchev–Trinajstić information content (AvgIpc) is 2.54. The third-order valence-electron chi connectivity index (χ3n) is 3.14. The number of H-pyrrole nitrogens is 1. The van der Waals surface area contributed by atoms with E-state index in [2.05, 4.69) is 10.3 Å². The number of benzene rings is 1. The summed E-state index contributed by atoms with van der Waals surface area (Å²) in [6.07, 6.45) is 1.44. The summed E-state index contributed by atoms with van der Waals surface area (Å²) in [5.74, 6) is 0.794. The fourth-order valence-corrected chi connectivity index (χ4v) is 1.98. The van der Waals surface area contributed by atoms with Crippen molar-refractivity contribution in [3.63, 3.8) is 0 Å². The summed E-state index contributed by atoms with van der Waals surface area (Å²) in [7, 11) is 3.03. The molecule has 23 heavy (non-hydrogen) atoms. The van der Waals surface area contributed by atoms with E-state index < -0.39 is 11.2 Å². The Hall–Kier alpha value is -3.03. The average molecular weight is 319 g/mol.